The number of nitrogens with zero attached hydrogens (tertiary/aromatic N) is 2. The summed E-state index contributed by atoms with van der Waals surface area (Å²) in [5.74, 6) is 0. The molecule has 6 heteroatoms. The maximum Gasteiger partial charge on any atom is 0.200 e. The minimum absolute atomic E-state index is 0.172. The summed E-state index contributed by atoms with van der Waals surface area (Å²) in [5.41, 5.74) is 0.907. The molecule has 1 aromatic rings. The third-order valence-corrected chi connectivity index (χ3v) is 2.82. The Kier molecular flexibility index (Phi) is 4.49. The molecule has 0 amide bonds. The van der Waals surface area contributed by atoms with E-state index in [1.807, 2.05) is 4.57 Å². The van der Waals surface area contributed by atoms with Gasteiger partial charge < -0.3 is 24.1 Å². The average molecular weight is 241 g/mol. The van der Waals surface area contributed by atoms with Crippen molar-refractivity contribution >= 4 is 0 Å². The van der Waals surface area contributed by atoms with Gasteiger partial charge >= 0.3 is 0 Å². The summed E-state index contributed by atoms with van der Waals surface area (Å²) >= 11 is 0. The van der Waals surface area contributed by atoms with Gasteiger partial charge in [0.25, 0.3) is 0 Å². The zero-order valence-electron chi connectivity index (χ0n) is 10.3. The van der Waals surface area contributed by atoms with Crippen molar-refractivity contribution in [1.82, 2.24) is 14.9 Å². The van der Waals surface area contributed by atoms with E-state index in [-0.39, 0.29) is 12.4 Å². The highest BCUT2D eigenvalue weighted by Crippen LogP contribution is 2.17. The lowest BCUT2D eigenvalue weighted by molar-refractivity contribution is -0.111. The molecule has 0 radical (unpaired) electrons. The minimum atomic E-state index is -0.381. The topological polar surface area (TPSA) is 57.5 Å². The van der Waals surface area contributed by atoms with Crippen molar-refractivity contribution in [2.45, 2.75) is 18.9 Å². The first kappa shape index (κ1) is 12.5. The molecule has 1 N–H and O–H groups in total. The van der Waals surface area contributed by atoms with E-state index in [4.69, 9.17) is 14.2 Å². The Bertz CT molecular complexity index is 332. The third kappa shape index (κ3) is 3.04. The molecule has 0 aromatic carbocycles. The zero-order chi connectivity index (χ0) is 12.1. The maximum atomic E-state index is 5.66. The second-order valence-corrected chi connectivity index (χ2v) is 3.97. The van der Waals surface area contributed by atoms with Crippen molar-refractivity contribution < 1.29 is 14.2 Å². The number of hydrogen-bond donors (Lipinski definition) is 1. The van der Waals surface area contributed by atoms with Gasteiger partial charge in [-0.1, -0.05) is 0 Å². The summed E-state index contributed by atoms with van der Waals surface area (Å²) in [7, 11) is 3.23. The van der Waals surface area contributed by atoms with E-state index in [9.17, 15) is 0 Å². The molecule has 1 aliphatic heterocycles. The highest BCUT2D eigenvalue weighted by atomic mass is 16.7. The molecule has 0 aliphatic carbocycles. The van der Waals surface area contributed by atoms with E-state index in [0.717, 1.165) is 31.9 Å². The van der Waals surface area contributed by atoms with E-state index < -0.39 is 0 Å². The molecule has 0 bridgehead atoms. The molecular formula is C11H19N3O3. The van der Waals surface area contributed by atoms with Gasteiger partial charge in [-0.2, -0.15) is 0 Å². The van der Waals surface area contributed by atoms with Gasteiger partial charge in [0.05, 0.1) is 37.5 Å². The van der Waals surface area contributed by atoms with Crippen molar-refractivity contribution in [1.29, 1.82) is 0 Å². The zero-order valence-corrected chi connectivity index (χ0v) is 10.3. The molecule has 1 atom stereocenters. The molecule has 1 unspecified atom stereocenters. The normalized spacial score (nSPS) is 21.0. The van der Waals surface area contributed by atoms with Gasteiger partial charge in [-0.25, -0.2) is 4.98 Å². The summed E-state index contributed by atoms with van der Waals surface area (Å²) < 4.78 is 18.1. The summed E-state index contributed by atoms with van der Waals surface area (Å²) in [6.45, 7) is 3.30. The second-order valence-electron chi connectivity index (χ2n) is 3.97. The average Bonchev–Trinajstić information content (AvgIpc) is 2.81. The fourth-order valence-electron chi connectivity index (χ4n) is 1.97. The quantitative estimate of drug-likeness (QED) is 0.744. The highest BCUT2D eigenvalue weighted by molar-refractivity contribution is 5.01. The maximum absolute atomic E-state index is 5.66. The monoisotopic (exact) mass is 241 g/mol. The van der Waals surface area contributed by atoms with Crippen LogP contribution in [-0.2, 0) is 20.8 Å². The van der Waals surface area contributed by atoms with Gasteiger partial charge in [-0.3, -0.25) is 0 Å². The molecule has 1 aliphatic rings. The molecule has 96 valence electrons. The first-order valence-corrected chi connectivity index (χ1v) is 5.73. The van der Waals surface area contributed by atoms with Gasteiger partial charge in [-0.05, 0) is 0 Å². The Balaban J connectivity index is 2.02. The fourth-order valence-corrected chi connectivity index (χ4v) is 1.97. The van der Waals surface area contributed by atoms with Gasteiger partial charge in [0, 0.05) is 27.3 Å². The fraction of sp³-hybridized carbons (Fsp3) is 0.727. The van der Waals surface area contributed by atoms with Crippen molar-refractivity contribution in [3.8, 4) is 0 Å². The predicted molar refractivity (Wildman–Crippen MR) is 61.6 cm³/mol. The number of hydrogen-bond acceptors (Lipinski definition) is 5. The molecule has 1 fully saturated rings. The lowest BCUT2D eigenvalue weighted by Gasteiger charge is -2.25. The number of imidazole rings is 1. The Morgan fingerprint density at radius 2 is 2.41 bits per heavy atom. The molecule has 2 heterocycles. The summed E-state index contributed by atoms with van der Waals surface area (Å²) in [5, 5.41) is 3.30. The number of morpholine rings is 1. The van der Waals surface area contributed by atoms with Crippen LogP contribution in [0.4, 0.5) is 0 Å². The van der Waals surface area contributed by atoms with Crippen LogP contribution in [0.5, 0.6) is 0 Å². The third-order valence-electron chi connectivity index (χ3n) is 2.82. The Morgan fingerprint density at radius 1 is 1.59 bits per heavy atom. The number of aromatic nitrogens is 2. The van der Waals surface area contributed by atoms with Crippen molar-refractivity contribution in [3.63, 3.8) is 0 Å². The molecule has 1 saturated heterocycles. The smallest absolute Gasteiger partial charge is 0.200 e. The van der Waals surface area contributed by atoms with Crippen LogP contribution in [0.1, 0.15) is 12.0 Å². The van der Waals surface area contributed by atoms with Crippen LogP contribution in [0, 0.1) is 0 Å². The summed E-state index contributed by atoms with van der Waals surface area (Å²) in [6.07, 6.45) is 3.33. The molecular weight excluding hydrogens is 222 g/mol. The molecule has 1 aromatic heterocycles. The van der Waals surface area contributed by atoms with E-state index >= 15 is 0 Å². The van der Waals surface area contributed by atoms with Gasteiger partial charge in [0.15, 0.2) is 6.29 Å². The summed E-state index contributed by atoms with van der Waals surface area (Å²) in [6, 6.07) is 0. The summed E-state index contributed by atoms with van der Waals surface area (Å²) in [4.78, 5) is 4.13. The molecule has 0 saturated carbocycles. The Hall–Kier alpha value is -0.950. The Labute approximate surface area is 101 Å². The number of rotatable bonds is 5. The van der Waals surface area contributed by atoms with Crippen molar-refractivity contribution in [2.75, 3.05) is 33.9 Å². The minimum Gasteiger partial charge on any atom is -0.374 e. The van der Waals surface area contributed by atoms with Crippen molar-refractivity contribution in [3.05, 3.63) is 18.2 Å². The Morgan fingerprint density at radius 3 is 3.06 bits per heavy atom. The first-order chi connectivity index (χ1) is 8.35. The van der Waals surface area contributed by atoms with Gasteiger partial charge in [0.2, 0.25) is 0 Å². The first-order valence-electron chi connectivity index (χ1n) is 5.73. The number of ether oxygens (including phenoxy) is 3. The van der Waals surface area contributed by atoms with Crippen LogP contribution in [0.3, 0.4) is 0 Å². The van der Waals surface area contributed by atoms with Crippen LogP contribution < -0.4 is 5.32 Å². The van der Waals surface area contributed by atoms with E-state index in [2.05, 4.69) is 10.3 Å². The van der Waals surface area contributed by atoms with Gasteiger partial charge in [-0.15, -0.1) is 0 Å². The molecule has 6 nitrogen and oxygen atoms in total. The number of methoxy groups -OCH3 is 2. The second kappa shape index (κ2) is 6.11. The van der Waals surface area contributed by atoms with E-state index in [1.165, 1.54) is 0 Å². The lowest BCUT2D eigenvalue weighted by Crippen LogP contribution is -2.41. The molecule has 17 heavy (non-hydrogen) atoms. The predicted octanol–water partition coefficient (Wildman–Crippen LogP) is 0.163. The number of nitrogens with one attached hydrogen (secondary N) is 1. The van der Waals surface area contributed by atoms with E-state index in [1.54, 1.807) is 26.7 Å². The van der Waals surface area contributed by atoms with Crippen LogP contribution in [0.2, 0.25) is 0 Å². The lowest BCUT2D eigenvalue weighted by atomic mass is 10.3. The standard InChI is InChI=1S/C11H19N3O3/c1-15-11(16-2)10-6-13-8-14(10)7-9-5-12-3-4-17-9/h6,8-9,11-12H,3-5,7H2,1-2H3. The van der Waals surface area contributed by atoms with E-state index in [0.29, 0.717) is 0 Å². The van der Waals surface area contributed by atoms with Crippen LogP contribution in [-0.4, -0.2) is 49.6 Å². The SMILES string of the molecule is COC(OC)c1cncn1CC1CNCCO1. The van der Waals surface area contributed by atoms with Crippen molar-refractivity contribution in [2.24, 2.45) is 0 Å². The van der Waals surface area contributed by atoms with Crippen LogP contribution in [0.15, 0.2) is 12.5 Å². The van der Waals surface area contributed by atoms with Crippen LogP contribution >= 0.6 is 0 Å². The highest BCUT2D eigenvalue weighted by Gasteiger charge is 2.19. The molecule has 0 spiro atoms. The van der Waals surface area contributed by atoms with Crippen LogP contribution in [0.25, 0.3) is 0 Å². The van der Waals surface area contributed by atoms with Gasteiger partial charge in [0.1, 0.15) is 0 Å². The molecule has 2 rings (SSSR count). The largest absolute Gasteiger partial charge is 0.374 e.